The number of esters is 1. The molecule has 1 amide bonds. The molecule has 0 aliphatic rings. The minimum Gasteiger partial charge on any atom is -0.493 e. The van der Waals surface area contributed by atoms with Gasteiger partial charge in [-0.25, -0.2) is 4.79 Å². The zero-order valence-corrected chi connectivity index (χ0v) is 16.7. The summed E-state index contributed by atoms with van der Waals surface area (Å²) in [6, 6.07) is 2.56. The summed E-state index contributed by atoms with van der Waals surface area (Å²) in [6.45, 7) is 1.40. The maximum Gasteiger partial charge on any atom is 0.407 e. The van der Waals surface area contributed by atoms with Crippen molar-refractivity contribution in [2.24, 2.45) is 5.92 Å². The summed E-state index contributed by atoms with van der Waals surface area (Å²) in [4.78, 5) is 33.7. The summed E-state index contributed by atoms with van der Waals surface area (Å²) >= 11 is 3.17. The molecule has 0 heterocycles. The summed E-state index contributed by atoms with van der Waals surface area (Å²) < 4.78 is 20.0. The molecule has 11 heteroatoms. The molecular weight excluding hydrogens is 428 g/mol. The van der Waals surface area contributed by atoms with Crippen molar-refractivity contribution in [1.82, 2.24) is 5.32 Å². The van der Waals surface area contributed by atoms with Gasteiger partial charge >= 0.3 is 12.1 Å². The molecule has 10 nitrogen and oxygen atoms in total. The molecule has 0 radical (unpaired) electrons. The Hall–Kier alpha value is -2.56. The number of nitro benzene ring substituents is 1. The number of ether oxygens (including phenoxy) is 4. The van der Waals surface area contributed by atoms with E-state index in [0.717, 1.165) is 0 Å². The molecule has 1 atom stereocenters. The zero-order valence-electron chi connectivity index (χ0n) is 15.2. The first-order valence-corrected chi connectivity index (χ1v) is 8.98. The van der Waals surface area contributed by atoms with E-state index in [9.17, 15) is 19.7 Å². The second kappa shape index (κ2) is 11.2. The molecule has 27 heavy (non-hydrogen) atoms. The number of benzene rings is 1. The van der Waals surface area contributed by atoms with Gasteiger partial charge in [-0.15, -0.1) is 0 Å². The first kappa shape index (κ1) is 22.5. The van der Waals surface area contributed by atoms with E-state index in [1.807, 2.05) is 0 Å². The van der Waals surface area contributed by atoms with Crippen LogP contribution in [0.1, 0.15) is 12.5 Å². The zero-order chi connectivity index (χ0) is 20.4. The summed E-state index contributed by atoms with van der Waals surface area (Å²) in [6.07, 6.45) is -0.802. The van der Waals surface area contributed by atoms with Gasteiger partial charge in [0.15, 0.2) is 11.5 Å². The van der Waals surface area contributed by atoms with Crippen molar-refractivity contribution in [1.29, 1.82) is 0 Å². The van der Waals surface area contributed by atoms with Crippen LogP contribution in [0.3, 0.4) is 0 Å². The van der Waals surface area contributed by atoms with Gasteiger partial charge in [-0.2, -0.15) is 0 Å². The highest BCUT2D eigenvalue weighted by atomic mass is 79.9. The molecule has 0 spiro atoms. The molecule has 0 bridgehead atoms. The second-order valence-corrected chi connectivity index (χ2v) is 5.97. The van der Waals surface area contributed by atoms with Crippen LogP contribution in [0.2, 0.25) is 0 Å². The molecule has 1 N–H and O–H groups in total. The van der Waals surface area contributed by atoms with E-state index in [1.54, 1.807) is 6.92 Å². The number of nitro groups is 1. The first-order chi connectivity index (χ1) is 12.8. The van der Waals surface area contributed by atoms with Crippen LogP contribution in [0.15, 0.2) is 12.1 Å². The quantitative estimate of drug-likeness (QED) is 0.190. The van der Waals surface area contributed by atoms with E-state index in [4.69, 9.17) is 18.9 Å². The van der Waals surface area contributed by atoms with E-state index in [0.29, 0.717) is 5.33 Å². The predicted octanol–water partition coefficient (Wildman–Crippen LogP) is 2.41. The number of hydrogen-bond acceptors (Lipinski definition) is 8. The van der Waals surface area contributed by atoms with Crippen LogP contribution in [0.5, 0.6) is 11.5 Å². The standard InChI is InChI=1S/C16H21BrN2O8/c1-10(8-17)15(20)26-5-4-18-16(21)27-9-11-6-13(24-2)14(25-3)7-12(11)19(22)23/h6-7,10H,4-5,8-9H2,1-3H3,(H,18,21). The van der Waals surface area contributed by atoms with Crippen LogP contribution in [-0.2, 0) is 20.9 Å². The molecule has 0 saturated heterocycles. The molecule has 1 unspecified atom stereocenters. The third kappa shape index (κ3) is 6.93. The third-order valence-electron chi connectivity index (χ3n) is 3.39. The molecule has 0 fully saturated rings. The topological polar surface area (TPSA) is 126 Å². The number of methoxy groups -OCH3 is 2. The van der Waals surface area contributed by atoms with Gasteiger partial charge in [0, 0.05) is 5.33 Å². The smallest absolute Gasteiger partial charge is 0.407 e. The fraction of sp³-hybridized carbons (Fsp3) is 0.500. The van der Waals surface area contributed by atoms with Gasteiger partial charge < -0.3 is 24.3 Å². The van der Waals surface area contributed by atoms with E-state index in [2.05, 4.69) is 21.2 Å². The van der Waals surface area contributed by atoms with Crippen molar-refractivity contribution in [2.75, 3.05) is 32.7 Å². The molecule has 0 aromatic heterocycles. The number of hydrogen-bond donors (Lipinski definition) is 1. The summed E-state index contributed by atoms with van der Waals surface area (Å²) in [5.41, 5.74) is -0.122. The number of nitrogens with zero attached hydrogens (tertiary/aromatic N) is 1. The molecule has 1 rings (SSSR count). The van der Waals surface area contributed by atoms with Gasteiger partial charge in [-0.3, -0.25) is 14.9 Å². The number of halogens is 1. The van der Waals surface area contributed by atoms with Crippen molar-refractivity contribution in [3.63, 3.8) is 0 Å². The van der Waals surface area contributed by atoms with E-state index in [1.165, 1.54) is 26.4 Å². The predicted molar refractivity (Wildman–Crippen MR) is 98.3 cm³/mol. The summed E-state index contributed by atoms with van der Waals surface area (Å²) in [5, 5.41) is 14.1. The lowest BCUT2D eigenvalue weighted by atomic mass is 10.1. The van der Waals surface area contributed by atoms with Gasteiger partial charge in [-0.05, 0) is 6.07 Å². The maximum absolute atomic E-state index is 11.7. The monoisotopic (exact) mass is 448 g/mol. The molecule has 1 aromatic rings. The van der Waals surface area contributed by atoms with Crippen molar-refractivity contribution in [3.05, 3.63) is 27.8 Å². The Kier molecular flexibility index (Phi) is 9.34. The maximum atomic E-state index is 11.7. The molecule has 1 aromatic carbocycles. The van der Waals surface area contributed by atoms with Crippen LogP contribution in [0, 0.1) is 16.0 Å². The van der Waals surface area contributed by atoms with Crippen LogP contribution < -0.4 is 14.8 Å². The van der Waals surface area contributed by atoms with E-state index < -0.39 is 11.0 Å². The molecule has 0 aliphatic heterocycles. The van der Waals surface area contributed by atoms with Crippen LogP contribution >= 0.6 is 15.9 Å². The number of nitrogens with one attached hydrogen (secondary N) is 1. The van der Waals surface area contributed by atoms with Crippen molar-refractivity contribution < 1.29 is 33.5 Å². The number of alkyl carbamates (subject to hydrolysis) is 1. The van der Waals surface area contributed by atoms with Gasteiger partial charge in [0.2, 0.25) is 0 Å². The molecular formula is C16H21BrN2O8. The SMILES string of the molecule is COc1cc(COC(=O)NCCOC(=O)C(C)CBr)c([N+](=O)[O-])cc1OC. The first-order valence-electron chi connectivity index (χ1n) is 7.86. The third-order valence-corrected chi connectivity index (χ3v) is 4.36. The lowest BCUT2D eigenvalue weighted by molar-refractivity contribution is -0.385. The Morgan fingerprint density at radius 1 is 1.22 bits per heavy atom. The number of carbonyl (C=O) groups is 2. The largest absolute Gasteiger partial charge is 0.493 e. The second-order valence-electron chi connectivity index (χ2n) is 5.32. The summed E-state index contributed by atoms with van der Waals surface area (Å²) in [5.74, 6) is -0.211. The molecule has 0 saturated carbocycles. The van der Waals surface area contributed by atoms with Gasteiger partial charge in [0.25, 0.3) is 5.69 Å². The van der Waals surface area contributed by atoms with Crippen molar-refractivity contribution in [3.8, 4) is 11.5 Å². The Bertz CT molecular complexity index is 683. The molecule has 150 valence electrons. The highest BCUT2D eigenvalue weighted by Crippen LogP contribution is 2.34. The Morgan fingerprint density at radius 2 is 1.85 bits per heavy atom. The summed E-state index contributed by atoms with van der Waals surface area (Å²) in [7, 11) is 2.75. The lowest BCUT2D eigenvalue weighted by Gasteiger charge is -2.12. The van der Waals surface area contributed by atoms with Gasteiger partial charge in [0.05, 0.1) is 43.2 Å². The average Bonchev–Trinajstić information content (AvgIpc) is 2.67. The average molecular weight is 449 g/mol. The number of carbonyl (C=O) groups excluding carboxylic acids is 2. The van der Waals surface area contributed by atoms with Crippen molar-refractivity contribution >= 4 is 33.7 Å². The number of alkyl halides is 1. The van der Waals surface area contributed by atoms with Gasteiger partial charge in [0.1, 0.15) is 13.2 Å². The normalized spacial score (nSPS) is 11.3. The van der Waals surface area contributed by atoms with Crippen molar-refractivity contribution in [2.45, 2.75) is 13.5 Å². The van der Waals surface area contributed by atoms with Crippen LogP contribution in [0.4, 0.5) is 10.5 Å². The number of rotatable bonds is 10. The highest BCUT2D eigenvalue weighted by Gasteiger charge is 2.20. The van der Waals surface area contributed by atoms with Crippen LogP contribution in [-0.4, -0.2) is 49.7 Å². The number of amides is 1. The Balaban J connectivity index is 2.58. The van der Waals surface area contributed by atoms with Crippen LogP contribution in [0.25, 0.3) is 0 Å². The lowest BCUT2D eigenvalue weighted by Crippen LogP contribution is -2.29. The minimum absolute atomic E-state index is 0.0121. The van der Waals surface area contributed by atoms with E-state index >= 15 is 0 Å². The Morgan fingerprint density at radius 3 is 2.41 bits per heavy atom. The highest BCUT2D eigenvalue weighted by molar-refractivity contribution is 9.09. The van der Waals surface area contributed by atoms with Gasteiger partial charge in [-0.1, -0.05) is 22.9 Å². The fourth-order valence-electron chi connectivity index (χ4n) is 1.90. The molecule has 0 aliphatic carbocycles. The fourth-order valence-corrected chi connectivity index (χ4v) is 2.16. The minimum atomic E-state index is -0.802. The Labute approximate surface area is 164 Å². The van der Waals surface area contributed by atoms with E-state index in [-0.39, 0.29) is 54.4 Å².